The molecule has 1 aromatic rings. The van der Waals surface area contributed by atoms with Crippen molar-refractivity contribution in [3.05, 3.63) is 28.2 Å². The molecule has 0 fully saturated rings. The van der Waals surface area contributed by atoms with Crippen molar-refractivity contribution in [3.63, 3.8) is 0 Å². The second-order valence-electron chi connectivity index (χ2n) is 3.61. The van der Waals surface area contributed by atoms with Gasteiger partial charge >= 0.3 is 0 Å². The Morgan fingerprint density at radius 1 is 1.56 bits per heavy atom. The summed E-state index contributed by atoms with van der Waals surface area (Å²) in [6, 6.07) is 3.61. The SMILES string of the molecule is CC(F)(F)c1cc(Br)ccc1O[C@@H](CF)C(=O)[O-]. The van der Waals surface area contributed by atoms with Gasteiger partial charge in [0.05, 0.1) is 11.5 Å². The number of carbonyl (C=O) groups excluding carboxylic acids is 1. The van der Waals surface area contributed by atoms with Crippen molar-refractivity contribution in [2.45, 2.75) is 19.0 Å². The quantitative estimate of drug-likeness (QED) is 0.832. The van der Waals surface area contributed by atoms with Crippen molar-refractivity contribution >= 4 is 21.9 Å². The van der Waals surface area contributed by atoms with Gasteiger partial charge in [-0.15, -0.1) is 0 Å². The molecule has 3 nitrogen and oxygen atoms in total. The lowest BCUT2D eigenvalue weighted by Crippen LogP contribution is -2.41. The Hall–Kier alpha value is -1.24. The van der Waals surface area contributed by atoms with Gasteiger partial charge in [0.15, 0.2) is 6.10 Å². The molecule has 1 atom stereocenters. The van der Waals surface area contributed by atoms with Crippen LogP contribution in [-0.2, 0) is 10.7 Å². The van der Waals surface area contributed by atoms with E-state index >= 15 is 0 Å². The fraction of sp³-hybridized carbons (Fsp3) is 0.364. The Morgan fingerprint density at radius 2 is 2.17 bits per heavy atom. The molecular formula is C11H9BrF3O3-. The first-order valence-corrected chi connectivity index (χ1v) is 5.66. The molecule has 0 aromatic heterocycles. The van der Waals surface area contributed by atoms with E-state index in [1.807, 2.05) is 0 Å². The molecule has 0 N–H and O–H groups in total. The standard InChI is InChI=1S/C11H10BrF3O3/c1-11(14,15)7-4-6(12)2-3-8(7)18-9(5-13)10(16)17/h2-4,9H,5H2,1H3,(H,16,17)/p-1/t9-/m0/s1. The highest BCUT2D eigenvalue weighted by atomic mass is 79.9. The number of carbonyl (C=O) groups is 1. The molecule has 18 heavy (non-hydrogen) atoms. The molecule has 7 heteroatoms. The molecule has 0 unspecified atom stereocenters. The molecule has 0 heterocycles. The van der Waals surface area contributed by atoms with E-state index < -0.39 is 36.0 Å². The van der Waals surface area contributed by atoms with Crippen LogP contribution in [0.25, 0.3) is 0 Å². The van der Waals surface area contributed by atoms with Gasteiger partial charge in [-0.2, -0.15) is 0 Å². The molecule has 0 radical (unpaired) electrons. The Bertz CT molecular complexity index is 446. The van der Waals surface area contributed by atoms with Crippen LogP contribution in [0.3, 0.4) is 0 Å². The Balaban J connectivity index is 3.12. The molecule has 100 valence electrons. The first kappa shape index (κ1) is 14.8. The topological polar surface area (TPSA) is 49.4 Å². The van der Waals surface area contributed by atoms with E-state index in [2.05, 4.69) is 15.9 Å². The number of carboxylic acids is 1. The average molecular weight is 326 g/mol. The van der Waals surface area contributed by atoms with Crippen LogP contribution >= 0.6 is 15.9 Å². The maximum atomic E-state index is 13.3. The predicted molar refractivity (Wildman–Crippen MR) is 59.1 cm³/mol. The number of carboxylic acid groups (broad SMARTS) is 1. The molecule has 0 aliphatic rings. The van der Waals surface area contributed by atoms with Crippen molar-refractivity contribution in [2.75, 3.05) is 6.67 Å². The van der Waals surface area contributed by atoms with Crippen molar-refractivity contribution in [1.82, 2.24) is 0 Å². The summed E-state index contributed by atoms with van der Waals surface area (Å²) in [5.74, 6) is -5.44. The zero-order valence-electron chi connectivity index (χ0n) is 9.25. The van der Waals surface area contributed by atoms with Gasteiger partial charge in [0.2, 0.25) is 0 Å². The molecule has 0 saturated heterocycles. The van der Waals surface area contributed by atoms with Gasteiger partial charge in [-0.05, 0) is 18.2 Å². The Labute approximate surface area is 110 Å². The summed E-state index contributed by atoms with van der Waals surface area (Å²) in [7, 11) is 0. The third-order valence-electron chi connectivity index (χ3n) is 2.09. The van der Waals surface area contributed by atoms with Crippen LogP contribution in [0, 0.1) is 0 Å². The van der Waals surface area contributed by atoms with Gasteiger partial charge < -0.3 is 14.6 Å². The number of alkyl halides is 3. The molecule has 0 aliphatic heterocycles. The van der Waals surface area contributed by atoms with Gasteiger partial charge in [-0.1, -0.05) is 15.9 Å². The summed E-state index contributed by atoms with van der Waals surface area (Å²) in [5.41, 5.74) is -0.531. The first-order chi connectivity index (χ1) is 8.25. The highest BCUT2D eigenvalue weighted by molar-refractivity contribution is 9.10. The summed E-state index contributed by atoms with van der Waals surface area (Å²) >= 11 is 3.01. The van der Waals surface area contributed by atoms with Gasteiger partial charge in [0, 0.05) is 11.4 Å². The molecular weight excluding hydrogens is 317 g/mol. The summed E-state index contributed by atoms with van der Waals surface area (Å²) in [4.78, 5) is 10.5. The van der Waals surface area contributed by atoms with Gasteiger partial charge in [0.25, 0.3) is 5.92 Å². The molecule has 0 spiro atoms. The highest BCUT2D eigenvalue weighted by Gasteiger charge is 2.30. The van der Waals surface area contributed by atoms with Crippen LogP contribution in [0.1, 0.15) is 12.5 Å². The predicted octanol–water partition coefficient (Wildman–Crippen LogP) is 2.03. The van der Waals surface area contributed by atoms with E-state index in [9.17, 15) is 23.1 Å². The van der Waals surface area contributed by atoms with E-state index in [4.69, 9.17) is 4.74 Å². The lowest BCUT2D eigenvalue weighted by Gasteiger charge is -2.21. The smallest absolute Gasteiger partial charge is 0.274 e. The molecule has 0 amide bonds. The van der Waals surface area contributed by atoms with Crippen LogP contribution in [0.4, 0.5) is 13.2 Å². The van der Waals surface area contributed by atoms with Crippen LogP contribution in [0.2, 0.25) is 0 Å². The monoisotopic (exact) mass is 325 g/mol. The minimum Gasteiger partial charge on any atom is -0.546 e. The number of ether oxygens (including phenoxy) is 1. The Kier molecular flexibility index (Phi) is 4.61. The third-order valence-corrected chi connectivity index (χ3v) is 2.58. The average Bonchev–Trinajstić information content (AvgIpc) is 2.25. The normalized spacial score (nSPS) is 13.2. The van der Waals surface area contributed by atoms with Crippen molar-refractivity contribution in [1.29, 1.82) is 0 Å². The second kappa shape index (κ2) is 5.60. The minimum absolute atomic E-state index is 0.372. The molecule has 0 bridgehead atoms. The van der Waals surface area contributed by atoms with Crippen molar-refractivity contribution < 1.29 is 27.8 Å². The molecule has 0 saturated carbocycles. The lowest BCUT2D eigenvalue weighted by molar-refractivity contribution is -0.314. The van der Waals surface area contributed by atoms with Crippen LogP contribution in [0.15, 0.2) is 22.7 Å². The number of halogens is 4. The largest absolute Gasteiger partial charge is 0.546 e. The van der Waals surface area contributed by atoms with Crippen LogP contribution < -0.4 is 9.84 Å². The summed E-state index contributed by atoms with van der Waals surface area (Å²) < 4.78 is 44.0. The number of aliphatic carboxylic acids is 1. The second-order valence-corrected chi connectivity index (χ2v) is 4.52. The van der Waals surface area contributed by atoms with E-state index in [1.54, 1.807) is 0 Å². The summed E-state index contributed by atoms with van der Waals surface area (Å²) in [6.45, 7) is -0.738. The van der Waals surface area contributed by atoms with Crippen molar-refractivity contribution in [2.24, 2.45) is 0 Å². The number of hydrogen-bond acceptors (Lipinski definition) is 3. The summed E-state index contributed by atoms with van der Waals surface area (Å²) in [6.07, 6.45) is -1.91. The molecule has 1 aromatic carbocycles. The molecule has 0 aliphatic carbocycles. The molecule has 1 rings (SSSR count). The van der Waals surface area contributed by atoms with Gasteiger partial charge in [-0.3, -0.25) is 0 Å². The van der Waals surface area contributed by atoms with Gasteiger partial charge in [-0.25, -0.2) is 13.2 Å². The fourth-order valence-electron chi connectivity index (χ4n) is 1.24. The number of rotatable bonds is 5. The highest BCUT2D eigenvalue weighted by Crippen LogP contribution is 2.36. The summed E-state index contributed by atoms with van der Waals surface area (Å²) in [5, 5.41) is 10.5. The van der Waals surface area contributed by atoms with E-state index in [0.717, 1.165) is 12.1 Å². The maximum Gasteiger partial charge on any atom is 0.274 e. The maximum absolute atomic E-state index is 13.3. The third kappa shape index (κ3) is 3.63. The van der Waals surface area contributed by atoms with Crippen molar-refractivity contribution in [3.8, 4) is 5.75 Å². The zero-order valence-corrected chi connectivity index (χ0v) is 10.8. The van der Waals surface area contributed by atoms with E-state index in [0.29, 0.717) is 11.4 Å². The van der Waals surface area contributed by atoms with Crippen LogP contribution in [0.5, 0.6) is 5.75 Å². The first-order valence-electron chi connectivity index (χ1n) is 4.87. The van der Waals surface area contributed by atoms with E-state index in [-0.39, 0.29) is 0 Å². The van der Waals surface area contributed by atoms with E-state index in [1.165, 1.54) is 6.07 Å². The lowest BCUT2D eigenvalue weighted by atomic mass is 10.1. The Morgan fingerprint density at radius 3 is 2.61 bits per heavy atom. The number of hydrogen-bond donors (Lipinski definition) is 0. The minimum atomic E-state index is -3.24. The van der Waals surface area contributed by atoms with Gasteiger partial charge in [0.1, 0.15) is 12.4 Å². The zero-order chi connectivity index (χ0) is 13.9. The number of benzene rings is 1. The van der Waals surface area contributed by atoms with Crippen LogP contribution in [-0.4, -0.2) is 18.7 Å². The fourth-order valence-corrected chi connectivity index (χ4v) is 1.60.